The van der Waals surface area contributed by atoms with E-state index in [2.05, 4.69) is 19.9 Å². The minimum Gasteiger partial charge on any atom is -0.494 e. The molecular weight excluding hydrogens is 316 g/mol. The molecule has 7 heteroatoms. The zero-order valence-corrected chi connectivity index (χ0v) is 12.9. The topological polar surface area (TPSA) is 60.0 Å². The van der Waals surface area contributed by atoms with Gasteiger partial charge in [-0.25, -0.2) is 4.98 Å². The number of rotatable bonds is 6. The second kappa shape index (κ2) is 7.08. The lowest BCUT2D eigenvalue weighted by Crippen LogP contribution is -2.02. The SMILES string of the molecule is COc1ccc(Cc2cn[nH]c2)nc1-c1cccc(OC(F)F)c1. The summed E-state index contributed by atoms with van der Waals surface area (Å²) in [5.41, 5.74) is 3.01. The molecule has 0 bridgehead atoms. The molecule has 0 fully saturated rings. The van der Waals surface area contributed by atoms with Gasteiger partial charge >= 0.3 is 6.61 Å². The molecular formula is C17H15F2N3O2. The number of hydrogen-bond acceptors (Lipinski definition) is 4. The molecule has 1 N–H and O–H groups in total. The first-order chi connectivity index (χ1) is 11.7. The van der Waals surface area contributed by atoms with Crippen LogP contribution in [0.4, 0.5) is 8.78 Å². The van der Waals surface area contributed by atoms with E-state index in [9.17, 15) is 8.78 Å². The number of H-pyrrole nitrogens is 1. The maximum atomic E-state index is 12.4. The van der Waals surface area contributed by atoms with Crippen LogP contribution in [0, 0.1) is 0 Å². The summed E-state index contributed by atoms with van der Waals surface area (Å²) in [7, 11) is 1.54. The summed E-state index contributed by atoms with van der Waals surface area (Å²) in [5, 5.41) is 6.66. The highest BCUT2D eigenvalue weighted by molar-refractivity contribution is 5.68. The Kier molecular flexibility index (Phi) is 4.69. The van der Waals surface area contributed by atoms with Crippen LogP contribution >= 0.6 is 0 Å². The van der Waals surface area contributed by atoms with Crippen molar-refractivity contribution in [1.29, 1.82) is 0 Å². The molecule has 3 aromatic rings. The van der Waals surface area contributed by atoms with Crippen LogP contribution in [0.5, 0.6) is 11.5 Å². The fourth-order valence-electron chi connectivity index (χ4n) is 2.36. The number of aromatic amines is 1. The average Bonchev–Trinajstić information content (AvgIpc) is 3.07. The lowest BCUT2D eigenvalue weighted by atomic mass is 10.1. The monoisotopic (exact) mass is 331 g/mol. The first-order valence-electron chi connectivity index (χ1n) is 7.22. The lowest BCUT2D eigenvalue weighted by molar-refractivity contribution is -0.0498. The van der Waals surface area contributed by atoms with Gasteiger partial charge in [-0.1, -0.05) is 12.1 Å². The van der Waals surface area contributed by atoms with Crippen LogP contribution in [-0.2, 0) is 6.42 Å². The molecule has 0 aliphatic carbocycles. The molecule has 2 aromatic heterocycles. The molecule has 5 nitrogen and oxygen atoms in total. The molecule has 24 heavy (non-hydrogen) atoms. The Morgan fingerprint density at radius 1 is 1.21 bits per heavy atom. The van der Waals surface area contributed by atoms with E-state index in [1.54, 1.807) is 30.6 Å². The molecule has 0 atom stereocenters. The number of hydrogen-bond donors (Lipinski definition) is 1. The molecule has 0 radical (unpaired) electrons. The number of benzene rings is 1. The van der Waals surface area contributed by atoms with Gasteiger partial charge in [-0.2, -0.15) is 13.9 Å². The maximum Gasteiger partial charge on any atom is 0.387 e. The number of nitrogens with zero attached hydrogens (tertiary/aromatic N) is 2. The molecule has 1 aromatic carbocycles. The van der Waals surface area contributed by atoms with Gasteiger partial charge in [0.2, 0.25) is 0 Å². The number of aromatic nitrogens is 3. The van der Waals surface area contributed by atoms with Crippen molar-refractivity contribution in [3.63, 3.8) is 0 Å². The normalized spacial score (nSPS) is 10.8. The van der Waals surface area contributed by atoms with Crippen molar-refractivity contribution in [3.8, 4) is 22.8 Å². The fourth-order valence-corrected chi connectivity index (χ4v) is 2.36. The first-order valence-corrected chi connectivity index (χ1v) is 7.22. The highest BCUT2D eigenvalue weighted by Crippen LogP contribution is 2.31. The molecule has 0 aliphatic heterocycles. The fraction of sp³-hybridized carbons (Fsp3) is 0.176. The van der Waals surface area contributed by atoms with Gasteiger partial charge in [-0.3, -0.25) is 5.10 Å². The summed E-state index contributed by atoms with van der Waals surface area (Å²) >= 11 is 0. The van der Waals surface area contributed by atoms with E-state index >= 15 is 0 Å². The van der Waals surface area contributed by atoms with Crippen LogP contribution in [-0.4, -0.2) is 28.9 Å². The maximum absolute atomic E-state index is 12.4. The van der Waals surface area contributed by atoms with Gasteiger partial charge in [0.05, 0.1) is 13.3 Å². The summed E-state index contributed by atoms with van der Waals surface area (Å²) < 4.78 is 34.6. The van der Waals surface area contributed by atoms with Crippen LogP contribution in [0.3, 0.4) is 0 Å². The summed E-state index contributed by atoms with van der Waals surface area (Å²) in [6, 6.07) is 10.0. The Morgan fingerprint density at radius 2 is 2.08 bits per heavy atom. The van der Waals surface area contributed by atoms with Gasteiger partial charge < -0.3 is 9.47 Å². The predicted octanol–water partition coefficient (Wildman–Crippen LogP) is 3.67. The second-order valence-electron chi connectivity index (χ2n) is 5.04. The van der Waals surface area contributed by atoms with Crippen LogP contribution < -0.4 is 9.47 Å². The Balaban J connectivity index is 1.96. The molecule has 2 heterocycles. The van der Waals surface area contributed by atoms with Gasteiger partial charge in [0, 0.05) is 23.9 Å². The molecule has 124 valence electrons. The number of ether oxygens (including phenoxy) is 2. The highest BCUT2D eigenvalue weighted by Gasteiger charge is 2.12. The Bertz CT molecular complexity index is 807. The third-order valence-electron chi connectivity index (χ3n) is 3.41. The molecule has 0 spiro atoms. The molecule has 0 aliphatic rings. The van der Waals surface area contributed by atoms with Gasteiger partial charge in [-0.15, -0.1) is 0 Å². The van der Waals surface area contributed by atoms with Gasteiger partial charge in [-0.05, 0) is 29.8 Å². The standard InChI is InChI=1S/C17H15F2N3O2/c1-23-15-6-5-13(7-11-9-20-21-10-11)22-16(15)12-3-2-4-14(8-12)24-17(18)19/h2-6,8-10,17H,7H2,1H3,(H,20,21). The molecule has 0 amide bonds. The quantitative estimate of drug-likeness (QED) is 0.749. The number of pyridine rings is 1. The zero-order valence-electron chi connectivity index (χ0n) is 12.9. The number of alkyl halides is 2. The average molecular weight is 331 g/mol. The van der Waals surface area contributed by atoms with Crippen molar-refractivity contribution < 1.29 is 18.3 Å². The number of methoxy groups -OCH3 is 1. The van der Waals surface area contributed by atoms with Crippen molar-refractivity contribution in [1.82, 2.24) is 15.2 Å². The van der Waals surface area contributed by atoms with E-state index in [0.717, 1.165) is 11.3 Å². The first kappa shape index (κ1) is 15.9. The van der Waals surface area contributed by atoms with Crippen LogP contribution in [0.2, 0.25) is 0 Å². The number of nitrogens with one attached hydrogen (secondary N) is 1. The van der Waals surface area contributed by atoms with Gasteiger partial charge in [0.25, 0.3) is 0 Å². The van der Waals surface area contributed by atoms with E-state index < -0.39 is 6.61 Å². The Labute approximate surface area is 137 Å². The molecule has 0 unspecified atom stereocenters. The van der Waals surface area contributed by atoms with Crippen molar-refractivity contribution >= 4 is 0 Å². The minimum absolute atomic E-state index is 0.0755. The van der Waals surface area contributed by atoms with Crippen LogP contribution in [0.15, 0.2) is 48.8 Å². The summed E-state index contributed by atoms with van der Waals surface area (Å²) in [6.07, 6.45) is 4.12. The smallest absolute Gasteiger partial charge is 0.387 e. The van der Waals surface area contributed by atoms with E-state index in [1.165, 1.54) is 19.2 Å². The van der Waals surface area contributed by atoms with Crippen LogP contribution in [0.1, 0.15) is 11.3 Å². The van der Waals surface area contributed by atoms with E-state index in [-0.39, 0.29) is 5.75 Å². The lowest BCUT2D eigenvalue weighted by Gasteiger charge is -2.11. The molecule has 0 saturated carbocycles. The number of halogens is 2. The zero-order chi connectivity index (χ0) is 16.9. The van der Waals surface area contributed by atoms with Crippen molar-refractivity contribution in [2.24, 2.45) is 0 Å². The third-order valence-corrected chi connectivity index (χ3v) is 3.41. The Hall–Kier alpha value is -2.96. The minimum atomic E-state index is -2.87. The van der Waals surface area contributed by atoms with Crippen molar-refractivity contribution in [2.75, 3.05) is 7.11 Å². The third kappa shape index (κ3) is 3.68. The van der Waals surface area contributed by atoms with E-state index in [4.69, 9.17) is 4.74 Å². The van der Waals surface area contributed by atoms with Crippen molar-refractivity contribution in [2.45, 2.75) is 13.0 Å². The Morgan fingerprint density at radius 3 is 2.79 bits per heavy atom. The van der Waals surface area contributed by atoms with E-state index in [0.29, 0.717) is 23.4 Å². The van der Waals surface area contributed by atoms with Crippen LogP contribution in [0.25, 0.3) is 11.3 Å². The van der Waals surface area contributed by atoms with Gasteiger partial charge in [0.1, 0.15) is 17.2 Å². The molecule has 0 saturated heterocycles. The highest BCUT2D eigenvalue weighted by atomic mass is 19.3. The second-order valence-corrected chi connectivity index (χ2v) is 5.04. The van der Waals surface area contributed by atoms with Gasteiger partial charge in [0.15, 0.2) is 0 Å². The largest absolute Gasteiger partial charge is 0.494 e. The van der Waals surface area contributed by atoms with Crippen molar-refractivity contribution in [3.05, 3.63) is 60.0 Å². The predicted molar refractivity (Wildman–Crippen MR) is 84.3 cm³/mol. The summed E-state index contributed by atoms with van der Waals surface area (Å²) in [5.74, 6) is 0.631. The summed E-state index contributed by atoms with van der Waals surface area (Å²) in [4.78, 5) is 4.60. The van der Waals surface area contributed by atoms with E-state index in [1.807, 2.05) is 6.07 Å². The molecule has 3 rings (SSSR count). The summed E-state index contributed by atoms with van der Waals surface area (Å²) in [6.45, 7) is -2.87.